The first kappa shape index (κ1) is 12.1. The van der Waals surface area contributed by atoms with E-state index in [1.165, 1.54) is 28.9 Å². The molecule has 0 bridgehead atoms. The van der Waals surface area contributed by atoms with E-state index in [9.17, 15) is 4.79 Å². The van der Waals surface area contributed by atoms with Crippen molar-refractivity contribution in [2.75, 3.05) is 0 Å². The van der Waals surface area contributed by atoms with E-state index < -0.39 is 0 Å². The fourth-order valence-electron chi connectivity index (χ4n) is 2.85. The first-order valence-corrected chi connectivity index (χ1v) is 7.67. The number of hydrogen-bond donors (Lipinski definition) is 1. The number of carbonyl (C=O) groups excluding carboxylic acids is 1. The van der Waals surface area contributed by atoms with Gasteiger partial charge in [-0.3, -0.25) is 4.79 Å². The number of benzene rings is 1. The standard InChI is InChI=1S/C15H19NOS/c1-10-6-7-11-9-14(18-13(11)8-10)15(17)16-12-4-2-3-5-12/h6-8,12,14H,2-5,9H2,1H3,(H,16,17)/t14-/m0/s1. The van der Waals surface area contributed by atoms with Crippen molar-refractivity contribution in [3.05, 3.63) is 29.3 Å². The van der Waals surface area contributed by atoms with Crippen LogP contribution >= 0.6 is 11.8 Å². The highest BCUT2D eigenvalue weighted by atomic mass is 32.2. The lowest BCUT2D eigenvalue weighted by Gasteiger charge is -2.15. The van der Waals surface area contributed by atoms with Gasteiger partial charge in [-0.2, -0.15) is 0 Å². The second kappa shape index (κ2) is 4.96. The molecule has 2 aliphatic rings. The molecule has 1 aromatic carbocycles. The molecule has 1 saturated carbocycles. The van der Waals surface area contributed by atoms with Gasteiger partial charge in [-0.15, -0.1) is 11.8 Å². The SMILES string of the molecule is Cc1ccc2c(c1)S[C@H](C(=O)NC1CCCC1)C2. The number of hydrogen-bond acceptors (Lipinski definition) is 2. The Morgan fingerprint density at radius 3 is 2.89 bits per heavy atom. The van der Waals surface area contributed by atoms with Gasteiger partial charge in [0.25, 0.3) is 0 Å². The van der Waals surface area contributed by atoms with Crippen LogP contribution in [0.3, 0.4) is 0 Å². The molecule has 3 heteroatoms. The van der Waals surface area contributed by atoms with Gasteiger partial charge in [0.2, 0.25) is 5.91 Å². The van der Waals surface area contributed by atoms with Gasteiger partial charge < -0.3 is 5.32 Å². The molecule has 2 nitrogen and oxygen atoms in total. The second-order valence-electron chi connectivity index (χ2n) is 5.41. The predicted molar refractivity (Wildman–Crippen MR) is 74.9 cm³/mol. The fraction of sp³-hybridized carbons (Fsp3) is 0.533. The minimum Gasteiger partial charge on any atom is -0.352 e. The Morgan fingerprint density at radius 1 is 1.33 bits per heavy atom. The normalized spacial score (nSPS) is 23.1. The molecule has 1 aliphatic heterocycles. The fourth-order valence-corrected chi connectivity index (χ4v) is 4.15. The molecule has 0 radical (unpaired) electrons. The maximum Gasteiger partial charge on any atom is 0.234 e. The summed E-state index contributed by atoms with van der Waals surface area (Å²) in [6, 6.07) is 6.93. The molecule has 96 valence electrons. The minimum absolute atomic E-state index is 0.0856. The van der Waals surface area contributed by atoms with Crippen LogP contribution in [0.25, 0.3) is 0 Å². The molecule has 18 heavy (non-hydrogen) atoms. The van der Waals surface area contributed by atoms with Gasteiger partial charge in [0.05, 0.1) is 5.25 Å². The summed E-state index contributed by atoms with van der Waals surface area (Å²) >= 11 is 1.73. The third-order valence-corrected chi connectivity index (χ3v) is 5.19. The van der Waals surface area contributed by atoms with Crippen molar-refractivity contribution < 1.29 is 4.79 Å². The lowest BCUT2D eigenvalue weighted by Crippen LogP contribution is -2.38. The summed E-state index contributed by atoms with van der Waals surface area (Å²) in [5.74, 6) is 0.237. The summed E-state index contributed by atoms with van der Waals surface area (Å²) in [6.07, 6.45) is 5.74. The summed E-state index contributed by atoms with van der Waals surface area (Å²) in [5, 5.41) is 3.30. The zero-order valence-electron chi connectivity index (χ0n) is 10.7. The molecule has 1 N–H and O–H groups in total. The van der Waals surface area contributed by atoms with E-state index in [-0.39, 0.29) is 11.2 Å². The molecule has 1 heterocycles. The second-order valence-corrected chi connectivity index (χ2v) is 6.66. The van der Waals surface area contributed by atoms with Crippen molar-refractivity contribution in [3.8, 4) is 0 Å². The molecule has 1 amide bonds. The third kappa shape index (κ3) is 2.41. The Balaban J connectivity index is 1.64. The van der Waals surface area contributed by atoms with Crippen LogP contribution in [-0.2, 0) is 11.2 Å². The first-order chi connectivity index (χ1) is 8.72. The summed E-state index contributed by atoms with van der Waals surface area (Å²) < 4.78 is 0. The summed E-state index contributed by atoms with van der Waals surface area (Å²) in [7, 11) is 0. The van der Waals surface area contributed by atoms with E-state index in [0.29, 0.717) is 6.04 Å². The maximum atomic E-state index is 12.2. The number of thioether (sulfide) groups is 1. The van der Waals surface area contributed by atoms with Crippen LogP contribution in [0, 0.1) is 6.92 Å². The molecule has 0 unspecified atom stereocenters. The van der Waals surface area contributed by atoms with Crippen molar-refractivity contribution >= 4 is 17.7 Å². The van der Waals surface area contributed by atoms with E-state index in [1.807, 2.05) is 0 Å². The van der Waals surface area contributed by atoms with Gasteiger partial charge in [0.1, 0.15) is 0 Å². The number of fused-ring (bicyclic) bond motifs is 1. The number of amides is 1. The minimum atomic E-state index is 0.0856. The molecule has 0 spiro atoms. The van der Waals surface area contributed by atoms with Crippen LogP contribution in [0.15, 0.2) is 23.1 Å². The van der Waals surface area contributed by atoms with Gasteiger partial charge in [0, 0.05) is 10.9 Å². The van der Waals surface area contributed by atoms with Crippen LogP contribution in [0.1, 0.15) is 36.8 Å². The van der Waals surface area contributed by atoms with Gasteiger partial charge in [-0.05, 0) is 37.8 Å². The number of carbonyl (C=O) groups is 1. The highest BCUT2D eigenvalue weighted by molar-refractivity contribution is 8.01. The number of rotatable bonds is 2. The van der Waals surface area contributed by atoms with Crippen molar-refractivity contribution in [1.82, 2.24) is 5.32 Å². The van der Waals surface area contributed by atoms with Crippen molar-refractivity contribution in [2.45, 2.75) is 55.2 Å². The number of aryl methyl sites for hydroxylation is 1. The smallest absolute Gasteiger partial charge is 0.234 e. The summed E-state index contributed by atoms with van der Waals surface area (Å²) in [4.78, 5) is 13.5. The highest BCUT2D eigenvalue weighted by Crippen LogP contribution is 2.37. The Morgan fingerprint density at radius 2 is 2.11 bits per heavy atom. The molecule has 0 saturated heterocycles. The topological polar surface area (TPSA) is 29.1 Å². The van der Waals surface area contributed by atoms with E-state index in [4.69, 9.17) is 0 Å². The quantitative estimate of drug-likeness (QED) is 0.886. The molecule has 3 rings (SSSR count). The van der Waals surface area contributed by atoms with Crippen LogP contribution < -0.4 is 5.32 Å². The molecule has 0 aromatic heterocycles. The Hall–Kier alpha value is -0.960. The predicted octanol–water partition coefficient (Wildman–Crippen LogP) is 3.07. The van der Waals surface area contributed by atoms with Crippen LogP contribution in [0.5, 0.6) is 0 Å². The zero-order valence-corrected chi connectivity index (χ0v) is 11.6. The lowest BCUT2D eigenvalue weighted by molar-refractivity contribution is -0.121. The summed E-state index contributed by atoms with van der Waals surface area (Å²) in [5.41, 5.74) is 2.61. The third-order valence-electron chi connectivity index (χ3n) is 3.89. The monoisotopic (exact) mass is 261 g/mol. The van der Waals surface area contributed by atoms with Crippen LogP contribution in [0.4, 0.5) is 0 Å². The lowest BCUT2D eigenvalue weighted by atomic mass is 10.1. The molecule has 1 atom stereocenters. The van der Waals surface area contributed by atoms with Gasteiger partial charge >= 0.3 is 0 Å². The molecular weight excluding hydrogens is 242 g/mol. The molecule has 1 aromatic rings. The first-order valence-electron chi connectivity index (χ1n) is 6.79. The van der Waals surface area contributed by atoms with E-state index in [0.717, 1.165) is 19.3 Å². The van der Waals surface area contributed by atoms with Crippen LogP contribution in [0.2, 0.25) is 0 Å². The van der Waals surface area contributed by atoms with Crippen LogP contribution in [-0.4, -0.2) is 17.2 Å². The molecule has 1 fully saturated rings. The Labute approximate surface area is 113 Å². The maximum absolute atomic E-state index is 12.2. The van der Waals surface area contributed by atoms with E-state index in [2.05, 4.69) is 30.4 Å². The van der Waals surface area contributed by atoms with E-state index in [1.54, 1.807) is 11.8 Å². The Kier molecular flexibility index (Phi) is 3.33. The average Bonchev–Trinajstić information content (AvgIpc) is 2.96. The Bertz CT molecular complexity index is 466. The van der Waals surface area contributed by atoms with Gasteiger partial charge in [-0.25, -0.2) is 0 Å². The van der Waals surface area contributed by atoms with E-state index >= 15 is 0 Å². The van der Waals surface area contributed by atoms with Crippen molar-refractivity contribution in [3.63, 3.8) is 0 Å². The van der Waals surface area contributed by atoms with Crippen molar-refractivity contribution in [1.29, 1.82) is 0 Å². The average molecular weight is 261 g/mol. The number of nitrogens with one attached hydrogen (secondary N) is 1. The summed E-state index contributed by atoms with van der Waals surface area (Å²) in [6.45, 7) is 2.10. The van der Waals surface area contributed by atoms with Crippen molar-refractivity contribution in [2.24, 2.45) is 0 Å². The largest absolute Gasteiger partial charge is 0.352 e. The zero-order chi connectivity index (χ0) is 12.5. The van der Waals surface area contributed by atoms with Gasteiger partial charge in [-0.1, -0.05) is 30.5 Å². The molecular formula is C15H19NOS. The molecule has 1 aliphatic carbocycles. The van der Waals surface area contributed by atoms with Gasteiger partial charge in [0.15, 0.2) is 0 Å². The highest BCUT2D eigenvalue weighted by Gasteiger charge is 2.30.